The molecular formula is C10H16N4O2. The van der Waals surface area contributed by atoms with Gasteiger partial charge in [0.15, 0.2) is 0 Å². The predicted octanol–water partition coefficient (Wildman–Crippen LogP) is 0.883. The molecule has 0 fully saturated rings. The molecule has 0 aromatic carbocycles. The number of anilines is 2. The molecule has 0 unspecified atom stereocenters. The zero-order valence-corrected chi connectivity index (χ0v) is 9.49. The molecule has 88 valence electrons. The lowest BCUT2D eigenvalue weighted by Gasteiger charge is -2.06. The molecular weight excluding hydrogens is 208 g/mol. The minimum Gasteiger partial charge on any atom is -0.468 e. The molecule has 0 atom stereocenters. The van der Waals surface area contributed by atoms with Crippen molar-refractivity contribution in [3.63, 3.8) is 0 Å². The molecule has 1 aromatic heterocycles. The number of nitrogens with zero attached hydrogens (tertiary/aromatic N) is 2. The largest absolute Gasteiger partial charge is 0.468 e. The summed E-state index contributed by atoms with van der Waals surface area (Å²) in [6.07, 6.45) is 2.46. The lowest BCUT2D eigenvalue weighted by Crippen LogP contribution is -2.16. The molecule has 0 aliphatic heterocycles. The first-order valence-corrected chi connectivity index (χ1v) is 5.13. The van der Waals surface area contributed by atoms with Gasteiger partial charge in [0, 0.05) is 12.6 Å². The molecule has 0 radical (unpaired) electrons. The van der Waals surface area contributed by atoms with Crippen LogP contribution in [0.5, 0.6) is 0 Å². The third-order valence-corrected chi connectivity index (χ3v) is 1.86. The van der Waals surface area contributed by atoms with E-state index in [-0.39, 0.29) is 12.5 Å². The van der Waals surface area contributed by atoms with Gasteiger partial charge in [0.1, 0.15) is 24.5 Å². The first-order valence-electron chi connectivity index (χ1n) is 5.13. The predicted molar refractivity (Wildman–Crippen MR) is 61.3 cm³/mol. The van der Waals surface area contributed by atoms with Crippen molar-refractivity contribution in [3.8, 4) is 0 Å². The molecule has 16 heavy (non-hydrogen) atoms. The van der Waals surface area contributed by atoms with Crippen molar-refractivity contribution in [3.05, 3.63) is 12.4 Å². The van der Waals surface area contributed by atoms with E-state index in [4.69, 9.17) is 0 Å². The maximum Gasteiger partial charge on any atom is 0.325 e. The van der Waals surface area contributed by atoms with Crippen molar-refractivity contribution in [1.29, 1.82) is 0 Å². The summed E-state index contributed by atoms with van der Waals surface area (Å²) in [5.74, 6) is 1.00. The lowest BCUT2D eigenvalue weighted by atomic mass is 10.4. The van der Waals surface area contributed by atoms with Gasteiger partial charge < -0.3 is 15.4 Å². The topological polar surface area (TPSA) is 76.1 Å². The number of hydrogen-bond donors (Lipinski definition) is 2. The number of rotatable bonds is 6. The van der Waals surface area contributed by atoms with Crippen LogP contribution < -0.4 is 10.6 Å². The van der Waals surface area contributed by atoms with E-state index in [1.54, 1.807) is 6.07 Å². The summed E-state index contributed by atoms with van der Waals surface area (Å²) in [4.78, 5) is 18.9. The summed E-state index contributed by atoms with van der Waals surface area (Å²) >= 11 is 0. The van der Waals surface area contributed by atoms with Gasteiger partial charge >= 0.3 is 5.97 Å². The summed E-state index contributed by atoms with van der Waals surface area (Å²) in [7, 11) is 1.35. The molecule has 1 rings (SSSR count). The van der Waals surface area contributed by atoms with E-state index in [9.17, 15) is 4.79 Å². The fraction of sp³-hybridized carbons (Fsp3) is 0.500. The molecule has 0 amide bonds. The zero-order valence-electron chi connectivity index (χ0n) is 9.49. The molecule has 6 heteroatoms. The second-order valence-electron chi connectivity index (χ2n) is 3.14. The normalized spacial score (nSPS) is 9.62. The minimum atomic E-state index is -0.332. The molecule has 6 nitrogen and oxygen atoms in total. The smallest absolute Gasteiger partial charge is 0.325 e. The molecule has 1 heterocycles. The van der Waals surface area contributed by atoms with E-state index in [0.29, 0.717) is 5.82 Å². The quantitative estimate of drug-likeness (QED) is 0.699. The van der Waals surface area contributed by atoms with E-state index >= 15 is 0 Å². The highest BCUT2D eigenvalue weighted by atomic mass is 16.5. The number of esters is 1. The van der Waals surface area contributed by atoms with Crippen LogP contribution in [0.1, 0.15) is 13.3 Å². The maximum atomic E-state index is 10.9. The fourth-order valence-corrected chi connectivity index (χ4v) is 1.04. The fourth-order valence-electron chi connectivity index (χ4n) is 1.04. The summed E-state index contributed by atoms with van der Waals surface area (Å²) in [5, 5.41) is 5.98. The standard InChI is InChI=1S/C10H16N4O2/c1-3-4-11-8-5-9(14-7-13-8)12-6-10(15)16-2/h5,7H,3-4,6H2,1-2H3,(H2,11,12,13,14). The number of aromatic nitrogens is 2. The van der Waals surface area contributed by atoms with Gasteiger partial charge in [-0.2, -0.15) is 0 Å². The molecule has 0 spiro atoms. The summed E-state index contributed by atoms with van der Waals surface area (Å²) in [5.41, 5.74) is 0. The Morgan fingerprint density at radius 1 is 1.38 bits per heavy atom. The summed E-state index contributed by atoms with van der Waals surface area (Å²) < 4.78 is 4.51. The number of methoxy groups -OCH3 is 1. The molecule has 2 N–H and O–H groups in total. The highest BCUT2D eigenvalue weighted by molar-refractivity contribution is 5.74. The van der Waals surface area contributed by atoms with Gasteiger partial charge in [0.05, 0.1) is 7.11 Å². The third kappa shape index (κ3) is 4.12. The van der Waals surface area contributed by atoms with Crippen LogP contribution in [0.25, 0.3) is 0 Å². The molecule has 1 aromatic rings. The van der Waals surface area contributed by atoms with Gasteiger partial charge in [-0.25, -0.2) is 9.97 Å². The van der Waals surface area contributed by atoms with Crippen LogP contribution in [-0.4, -0.2) is 36.1 Å². The number of carbonyl (C=O) groups excluding carboxylic acids is 1. The Bertz CT molecular complexity index is 343. The van der Waals surface area contributed by atoms with Crippen LogP contribution in [-0.2, 0) is 9.53 Å². The van der Waals surface area contributed by atoms with Gasteiger partial charge in [0.25, 0.3) is 0 Å². The van der Waals surface area contributed by atoms with Crippen LogP contribution in [0, 0.1) is 0 Å². The highest BCUT2D eigenvalue weighted by Gasteiger charge is 2.01. The Hall–Kier alpha value is -1.85. The van der Waals surface area contributed by atoms with Gasteiger partial charge in [-0.15, -0.1) is 0 Å². The number of ether oxygens (including phenoxy) is 1. The summed E-state index contributed by atoms with van der Waals surface area (Å²) in [6, 6.07) is 1.75. The van der Waals surface area contributed by atoms with Gasteiger partial charge in [-0.05, 0) is 6.42 Å². The van der Waals surface area contributed by atoms with Crippen LogP contribution >= 0.6 is 0 Å². The van der Waals surface area contributed by atoms with E-state index < -0.39 is 0 Å². The molecule has 0 aliphatic carbocycles. The van der Waals surface area contributed by atoms with E-state index in [1.165, 1.54) is 13.4 Å². The third-order valence-electron chi connectivity index (χ3n) is 1.86. The van der Waals surface area contributed by atoms with Crippen molar-refractivity contribution < 1.29 is 9.53 Å². The molecule has 0 saturated heterocycles. The van der Waals surface area contributed by atoms with Gasteiger partial charge in [-0.3, -0.25) is 4.79 Å². The van der Waals surface area contributed by atoms with Crippen molar-refractivity contribution in [2.45, 2.75) is 13.3 Å². The van der Waals surface area contributed by atoms with Crippen molar-refractivity contribution in [2.75, 3.05) is 30.8 Å². The number of carbonyl (C=O) groups is 1. The van der Waals surface area contributed by atoms with Crippen LogP contribution in [0.15, 0.2) is 12.4 Å². The number of nitrogens with one attached hydrogen (secondary N) is 2. The zero-order chi connectivity index (χ0) is 11.8. The van der Waals surface area contributed by atoms with Crippen LogP contribution in [0.2, 0.25) is 0 Å². The van der Waals surface area contributed by atoms with E-state index in [0.717, 1.165) is 18.8 Å². The van der Waals surface area contributed by atoms with Crippen molar-refractivity contribution in [1.82, 2.24) is 9.97 Å². The average Bonchev–Trinajstić information content (AvgIpc) is 2.34. The molecule has 0 saturated carbocycles. The molecule has 0 bridgehead atoms. The van der Waals surface area contributed by atoms with E-state index in [2.05, 4.69) is 32.3 Å². The Morgan fingerprint density at radius 3 is 2.69 bits per heavy atom. The SMILES string of the molecule is CCCNc1cc(NCC(=O)OC)ncn1. The second kappa shape index (κ2) is 6.60. The lowest BCUT2D eigenvalue weighted by molar-refractivity contribution is -0.138. The Labute approximate surface area is 94.4 Å². The minimum absolute atomic E-state index is 0.0979. The average molecular weight is 224 g/mol. The Morgan fingerprint density at radius 2 is 2.06 bits per heavy atom. The monoisotopic (exact) mass is 224 g/mol. The van der Waals surface area contributed by atoms with E-state index in [1.807, 2.05) is 0 Å². The Kier molecular flexibility index (Phi) is 5.04. The summed E-state index contributed by atoms with van der Waals surface area (Å²) in [6.45, 7) is 3.03. The molecule has 0 aliphatic rings. The van der Waals surface area contributed by atoms with Crippen molar-refractivity contribution >= 4 is 17.6 Å². The number of hydrogen-bond acceptors (Lipinski definition) is 6. The van der Waals surface area contributed by atoms with Crippen molar-refractivity contribution in [2.24, 2.45) is 0 Å². The van der Waals surface area contributed by atoms with Crippen LogP contribution in [0.3, 0.4) is 0 Å². The first-order chi connectivity index (χ1) is 7.76. The van der Waals surface area contributed by atoms with Gasteiger partial charge in [0.2, 0.25) is 0 Å². The first kappa shape index (κ1) is 12.2. The second-order valence-corrected chi connectivity index (χ2v) is 3.14. The highest BCUT2D eigenvalue weighted by Crippen LogP contribution is 2.07. The van der Waals surface area contributed by atoms with Gasteiger partial charge in [-0.1, -0.05) is 6.92 Å². The maximum absolute atomic E-state index is 10.9. The van der Waals surface area contributed by atoms with Crippen LogP contribution in [0.4, 0.5) is 11.6 Å². The Balaban J connectivity index is 2.50.